The van der Waals surface area contributed by atoms with Crippen molar-refractivity contribution in [3.05, 3.63) is 35.4 Å². The molecule has 6 heteroatoms. The van der Waals surface area contributed by atoms with Crippen LogP contribution in [0, 0.1) is 0 Å². The van der Waals surface area contributed by atoms with E-state index in [1.54, 1.807) is 0 Å². The van der Waals surface area contributed by atoms with Gasteiger partial charge in [-0.15, -0.1) is 0 Å². The van der Waals surface area contributed by atoms with Gasteiger partial charge in [-0.2, -0.15) is 0 Å². The van der Waals surface area contributed by atoms with Gasteiger partial charge in [0.2, 0.25) is 10.0 Å². The van der Waals surface area contributed by atoms with Crippen LogP contribution < -0.4 is 4.72 Å². The average molecular weight is 367 g/mol. The maximum absolute atomic E-state index is 12.6. The van der Waals surface area contributed by atoms with Crippen LogP contribution in [0.3, 0.4) is 0 Å². The molecule has 0 amide bonds. The van der Waals surface area contributed by atoms with Crippen molar-refractivity contribution < 1.29 is 13.2 Å². The summed E-state index contributed by atoms with van der Waals surface area (Å²) in [5.41, 5.74) is 2.48. The standard InChI is InChI=1S/C19H30N2O3S/c1-2-16-7-9-17(10-8-16)19(21-11-13-24-14-12-21)15-20-25(22,23)18-5-3-4-6-18/h7-10,18-20H,2-6,11-15H2,1H3. The van der Waals surface area contributed by atoms with E-state index in [0.717, 1.165) is 45.2 Å². The minimum atomic E-state index is -3.22. The van der Waals surface area contributed by atoms with Gasteiger partial charge < -0.3 is 4.74 Å². The zero-order valence-corrected chi connectivity index (χ0v) is 15.9. The van der Waals surface area contributed by atoms with Crippen molar-refractivity contribution in [2.75, 3.05) is 32.8 Å². The van der Waals surface area contributed by atoms with E-state index in [1.807, 2.05) is 0 Å². The van der Waals surface area contributed by atoms with Gasteiger partial charge in [-0.25, -0.2) is 13.1 Å². The monoisotopic (exact) mass is 366 g/mol. The Labute approximate surface area is 151 Å². The van der Waals surface area contributed by atoms with Crippen LogP contribution in [0.2, 0.25) is 0 Å². The lowest BCUT2D eigenvalue weighted by Gasteiger charge is -2.35. The Morgan fingerprint density at radius 2 is 1.80 bits per heavy atom. The molecule has 3 rings (SSSR count). The Morgan fingerprint density at radius 1 is 1.16 bits per heavy atom. The van der Waals surface area contributed by atoms with E-state index in [0.29, 0.717) is 19.8 Å². The highest BCUT2D eigenvalue weighted by Crippen LogP contribution is 2.26. The van der Waals surface area contributed by atoms with Crippen molar-refractivity contribution >= 4 is 10.0 Å². The normalized spacial score (nSPS) is 21.5. The van der Waals surface area contributed by atoms with Crippen molar-refractivity contribution in [3.63, 3.8) is 0 Å². The number of ether oxygens (including phenoxy) is 1. The molecule has 1 aromatic rings. The molecule has 2 fully saturated rings. The molecule has 0 aromatic heterocycles. The topological polar surface area (TPSA) is 58.6 Å². The van der Waals surface area contributed by atoms with E-state index in [9.17, 15) is 8.42 Å². The molecule has 0 radical (unpaired) electrons. The Kier molecular flexibility index (Phi) is 6.49. The predicted molar refractivity (Wildman–Crippen MR) is 100 cm³/mol. The fourth-order valence-corrected chi connectivity index (χ4v) is 5.41. The molecule has 0 bridgehead atoms. The fourth-order valence-electron chi connectivity index (χ4n) is 3.83. The van der Waals surface area contributed by atoms with E-state index < -0.39 is 10.0 Å². The predicted octanol–water partition coefficient (Wildman–Crippen LogP) is 2.48. The maximum atomic E-state index is 12.6. The van der Waals surface area contributed by atoms with Crippen LogP contribution in [-0.2, 0) is 21.2 Å². The first-order valence-electron chi connectivity index (χ1n) is 9.49. The van der Waals surface area contributed by atoms with E-state index in [2.05, 4.69) is 40.8 Å². The van der Waals surface area contributed by atoms with Gasteiger partial charge in [0.25, 0.3) is 0 Å². The second-order valence-corrected chi connectivity index (χ2v) is 9.10. The van der Waals surface area contributed by atoms with Gasteiger partial charge in [0.05, 0.1) is 18.5 Å². The molecule has 5 nitrogen and oxygen atoms in total. The van der Waals surface area contributed by atoms with E-state index in [4.69, 9.17) is 4.74 Å². The number of rotatable bonds is 7. The second kappa shape index (κ2) is 8.62. The number of benzene rings is 1. The molecule has 1 saturated heterocycles. The zero-order chi connectivity index (χ0) is 17.7. The number of sulfonamides is 1. The summed E-state index contributed by atoms with van der Waals surface area (Å²) in [5, 5.41) is -0.208. The summed E-state index contributed by atoms with van der Waals surface area (Å²) in [4.78, 5) is 2.33. The van der Waals surface area contributed by atoms with E-state index >= 15 is 0 Å². The summed E-state index contributed by atoms with van der Waals surface area (Å²) < 4.78 is 33.6. The highest BCUT2D eigenvalue weighted by molar-refractivity contribution is 7.90. The third-order valence-electron chi connectivity index (χ3n) is 5.48. The number of nitrogens with one attached hydrogen (secondary N) is 1. The molecule has 2 aliphatic rings. The molecule has 1 aromatic carbocycles. The third-order valence-corrected chi connectivity index (χ3v) is 7.40. The summed E-state index contributed by atoms with van der Waals surface area (Å²) in [7, 11) is -3.22. The smallest absolute Gasteiger partial charge is 0.214 e. The first kappa shape index (κ1) is 18.8. The minimum absolute atomic E-state index is 0.0611. The molecule has 1 heterocycles. The number of nitrogens with zero attached hydrogens (tertiary/aromatic N) is 1. The van der Waals surface area contributed by atoms with Gasteiger partial charge in [0.15, 0.2) is 0 Å². The van der Waals surface area contributed by atoms with Crippen molar-refractivity contribution in [2.45, 2.75) is 50.3 Å². The highest BCUT2D eigenvalue weighted by Gasteiger charge is 2.30. The molecular formula is C19H30N2O3S. The van der Waals surface area contributed by atoms with E-state index in [-0.39, 0.29) is 11.3 Å². The number of morpholine rings is 1. The molecule has 1 atom stereocenters. The van der Waals surface area contributed by atoms with Gasteiger partial charge in [0, 0.05) is 25.7 Å². The molecule has 1 unspecified atom stereocenters. The largest absolute Gasteiger partial charge is 0.379 e. The highest BCUT2D eigenvalue weighted by atomic mass is 32.2. The summed E-state index contributed by atoms with van der Waals surface area (Å²) in [6.07, 6.45) is 4.65. The van der Waals surface area contributed by atoms with Crippen LogP contribution in [-0.4, -0.2) is 51.4 Å². The van der Waals surface area contributed by atoms with Crippen molar-refractivity contribution in [3.8, 4) is 0 Å². The van der Waals surface area contributed by atoms with Gasteiger partial charge in [-0.1, -0.05) is 44.0 Å². The quantitative estimate of drug-likeness (QED) is 0.805. The number of hydrogen-bond donors (Lipinski definition) is 1. The van der Waals surface area contributed by atoms with Gasteiger partial charge in [-0.05, 0) is 30.4 Å². The Balaban J connectivity index is 1.73. The lowest BCUT2D eigenvalue weighted by molar-refractivity contribution is 0.0172. The van der Waals surface area contributed by atoms with Crippen LogP contribution in [0.4, 0.5) is 0 Å². The zero-order valence-electron chi connectivity index (χ0n) is 15.1. The molecule has 1 aliphatic carbocycles. The molecule has 140 valence electrons. The molecular weight excluding hydrogens is 336 g/mol. The SMILES string of the molecule is CCc1ccc(C(CNS(=O)(=O)C2CCCC2)N2CCOCC2)cc1. The first-order valence-corrected chi connectivity index (χ1v) is 11.0. The first-order chi connectivity index (χ1) is 12.1. The summed E-state index contributed by atoms with van der Waals surface area (Å²) in [6.45, 7) is 5.67. The maximum Gasteiger partial charge on any atom is 0.214 e. The van der Waals surface area contributed by atoms with Crippen molar-refractivity contribution in [2.24, 2.45) is 0 Å². The van der Waals surface area contributed by atoms with Gasteiger partial charge in [-0.3, -0.25) is 4.90 Å². The lowest BCUT2D eigenvalue weighted by Crippen LogP contribution is -2.45. The Morgan fingerprint density at radius 3 is 2.40 bits per heavy atom. The minimum Gasteiger partial charge on any atom is -0.379 e. The number of aryl methyl sites for hydroxylation is 1. The summed E-state index contributed by atoms with van der Waals surface area (Å²) >= 11 is 0. The van der Waals surface area contributed by atoms with Crippen LogP contribution in [0.5, 0.6) is 0 Å². The van der Waals surface area contributed by atoms with Gasteiger partial charge >= 0.3 is 0 Å². The molecule has 1 N–H and O–H groups in total. The molecule has 1 saturated carbocycles. The molecule has 1 aliphatic heterocycles. The lowest BCUT2D eigenvalue weighted by atomic mass is 10.0. The summed E-state index contributed by atoms with van der Waals surface area (Å²) in [6, 6.07) is 8.64. The van der Waals surface area contributed by atoms with Crippen LogP contribution in [0.15, 0.2) is 24.3 Å². The van der Waals surface area contributed by atoms with Crippen LogP contribution in [0.1, 0.15) is 49.8 Å². The molecule has 0 spiro atoms. The van der Waals surface area contributed by atoms with E-state index in [1.165, 1.54) is 11.1 Å². The Hall–Kier alpha value is -0.950. The molecule has 25 heavy (non-hydrogen) atoms. The third kappa shape index (κ3) is 4.82. The second-order valence-electron chi connectivity index (χ2n) is 7.06. The van der Waals surface area contributed by atoms with Crippen LogP contribution >= 0.6 is 0 Å². The Bertz CT molecular complexity index is 633. The summed E-state index contributed by atoms with van der Waals surface area (Å²) in [5.74, 6) is 0. The van der Waals surface area contributed by atoms with Crippen LogP contribution in [0.25, 0.3) is 0 Å². The number of hydrogen-bond acceptors (Lipinski definition) is 4. The average Bonchev–Trinajstić information content (AvgIpc) is 3.19. The van der Waals surface area contributed by atoms with Gasteiger partial charge in [0.1, 0.15) is 0 Å². The van der Waals surface area contributed by atoms with Crippen molar-refractivity contribution in [1.29, 1.82) is 0 Å². The van der Waals surface area contributed by atoms with Crippen molar-refractivity contribution in [1.82, 2.24) is 9.62 Å². The fraction of sp³-hybridized carbons (Fsp3) is 0.684.